The van der Waals surface area contributed by atoms with Crippen LogP contribution in [0.25, 0.3) is 0 Å². The molecule has 0 radical (unpaired) electrons. The molecule has 0 bridgehead atoms. The van der Waals surface area contributed by atoms with Crippen LogP contribution in [-0.2, 0) is 0 Å². The van der Waals surface area contributed by atoms with Gasteiger partial charge in [0.15, 0.2) is 0 Å². The summed E-state index contributed by atoms with van der Waals surface area (Å²) in [5.74, 6) is 0. The van der Waals surface area contributed by atoms with Crippen LogP contribution in [0.1, 0.15) is 0 Å². The van der Waals surface area contributed by atoms with Gasteiger partial charge in [-0.25, -0.2) is 0 Å². The Morgan fingerprint density at radius 3 is 1.05 bits per heavy atom. The van der Waals surface area contributed by atoms with E-state index in [1.165, 1.54) is 1.99 Å². The summed E-state index contributed by atoms with van der Waals surface area (Å²) in [7, 11) is 0. The first-order valence-electron chi connectivity index (χ1n) is 7.10. The van der Waals surface area contributed by atoms with Gasteiger partial charge in [-0.15, -0.1) is 0 Å². The van der Waals surface area contributed by atoms with Crippen LogP contribution in [0, 0.1) is 0 Å². The van der Waals surface area contributed by atoms with E-state index in [1.54, 1.807) is 9.37 Å². The van der Waals surface area contributed by atoms with Gasteiger partial charge in [-0.05, 0) is 0 Å². The molecule has 3 aromatic carbocycles. The number of hydrogen-bond donors (Lipinski definition) is 0. The summed E-state index contributed by atoms with van der Waals surface area (Å²) in [6, 6.07) is 33.4. The molecule has 0 saturated carbocycles. The molecule has 0 aromatic heterocycles. The predicted octanol–water partition coefficient (Wildman–Crippen LogP) is 3.13. The van der Waals surface area contributed by atoms with E-state index in [0.717, 1.165) is 0 Å². The molecule has 3 aromatic rings. The first-order chi connectivity index (χ1) is 10.4. The van der Waals surface area contributed by atoms with Crippen molar-refractivity contribution in [3.8, 4) is 0 Å². The van der Waals surface area contributed by atoms with Crippen molar-refractivity contribution in [3.63, 3.8) is 0 Å². The Morgan fingerprint density at radius 1 is 0.524 bits per heavy atom. The van der Waals surface area contributed by atoms with Crippen LogP contribution in [-0.4, -0.2) is 23.2 Å². The third kappa shape index (κ3) is 2.95. The van der Waals surface area contributed by atoms with E-state index in [2.05, 4.69) is 114 Å². The van der Waals surface area contributed by atoms with E-state index < -0.39 is 21.2 Å². The average molecular weight is 579 g/mol. The Hall–Kier alpha value is -0.688. The SMILES string of the molecule is I[CH2][Pb]([c]1ccccc1)([c]1ccccc1)[c]1ccccc1. The molecule has 0 nitrogen and oxygen atoms in total. The topological polar surface area (TPSA) is 0 Å². The van der Waals surface area contributed by atoms with Crippen LogP contribution in [0.15, 0.2) is 91.0 Å². The van der Waals surface area contributed by atoms with Gasteiger partial charge in [-0.1, -0.05) is 0 Å². The first kappa shape index (κ1) is 15.2. The fourth-order valence-electron chi connectivity index (χ4n) is 2.90. The van der Waals surface area contributed by atoms with E-state index >= 15 is 0 Å². The molecule has 2 heteroatoms. The molecule has 0 saturated heterocycles. The van der Waals surface area contributed by atoms with Gasteiger partial charge in [-0.2, -0.15) is 0 Å². The molecule has 3 rings (SSSR count). The van der Waals surface area contributed by atoms with Crippen molar-refractivity contribution < 1.29 is 0 Å². The molecule has 0 aliphatic rings. The molecule has 0 aliphatic carbocycles. The van der Waals surface area contributed by atoms with Crippen LogP contribution >= 0.6 is 22.6 Å². The second-order valence-corrected chi connectivity index (χ2v) is 26.6. The molecule has 0 atom stereocenters. The molecule has 0 unspecified atom stereocenters. The zero-order chi connectivity index (χ0) is 14.5. The van der Waals surface area contributed by atoms with Crippen molar-refractivity contribution in [1.29, 1.82) is 0 Å². The van der Waals surface area contributed by atoms with Crippen LogP contribution in [0.4, 0.5) is 0 Å². The third-order valence-corrected chi connectivity index (χ3v) is 31.0. The molecule has 21 heavy (non-hydrogen) atoms. The Kier molecular flexibility index (Phi) is 5.11. The van der Waals surface area contributed by atoms with Crippen LogP contribution < -0.4 is 9.37 Å². The van der Waals surface area contributed by atoms with Gasteiger partial charge in [0.25, 0.3) is 0 Å². The molecule has 0 fully saturated rings. The van der Waals surface area contributed by atoms with Gasteiger partial charge in [0.05, 0.1) is 0 Å². The van der Waals surface area contributed by atoms with E-state index in [-0.39, 0.29) is 0 Å². The molecule has 0 spiro atoms. The maximum absolute atomic E-state index is 3.00. The summed E-state index contributed by atoms with van der Waals surface area (Å²) in [4.78, 5) is 0. The summed E-state index contributed by atoms with van der Waals surface area (Å²) in [6.45, 7) is 0. The average Bonchev–Trinajstić information content (AvgIpc) is 2.59. The van der Waals surface area contributed by atoms with Crippen molar-refractivity contribution in [3.05, 3.63) is 91.0 Å². The fourth-order valence-corrected chi connectivity index (χ4v) is 29.1. The summed E-state index contributed by atoms with van der Waals surface area (Å²) in [5.41, 5.74) is 0. The van der Waals surface area contributed by atoms with Crippen LogP contribution in [0.2, 0.25) is 0 Å². The molecule has 0 N–H and O–H groups in total. The number of benzene rings is 3. The molecular formula is C19H17IPb. The van der Waals surface area contributed by atoms with Crippen molar-refractivity contribution in [2.75, 3.05) is 1.99 Å². The monoisotopic (exact) mass is 580 g/mol. The molecule has 104 valence electrons. The van der Waals surface area contributed by atoms with Gasteiger partial charge in [0.2, 0.25) is 0 Å². The van der Waals surface area contributed by atoms with Crippen molar-refractivity contribution in [2.45, 2.75) is 0 Å². The third-order valence-electron chi connectivity index (χ3n) is 4.00. The fraction of sp³-hybridized carbons (Fsp3) is 0.0526. The van der Waals surface area contributed by atoms with Gasteiger partial charge >= 0.3 is 146 Å². The standard InChI is InChI=1S/3C6H5.CH2I.Pb/c3*1-2-4-6-5-3-1;1-2;/h3*1-5H;1H2;. The van der Waals surface area contributed by atoms with Gasteiger partial charge in [0, 0.05) is 0 Å². The van der Waals surface area contributed by atoms with E-state index in [1.807, 2.05) is 0 Å². The number of halogens is 1. The van der Waals surface area contributed by atoms with E-state index in [9.17, 15) is 0 Å². The Labute approximate surface area is 145 Å². The Balaban J connectivity index is 2.29. The van der Waals surface area contributed by atoms with Crippen LogP contribution in [0.3, 0.4) is 0 Å². The number of alkyl halides is 1. The minimum atomic E-state index is -3.00. The molecule has 0 heterocycles. The van der Waals surface area contributed by atoms with Gasteiger partial charge in [0.1, 0.15) is 0 Å². The first-order valence-corrected chi connectivity index (χ1v) is 17.2. The predicted molar refractivity (Wildman–Crippen MR) is 103 cm³/mol. The summed E-state index contributed by atoms with van der Waals surface area (Å²) in [6.07, 6.45) is 0. The molecule has 0 amide bonds. The minimum absolute atomic E-state index is 1.23. The summed E-state index contributed by atoms with van der Waals surface area (Å²) in [5, 5.41) is 0. The van der Waals surface area contributed by atoms with E-state index in [4.69, 9.17) is 0 Å². The zero-order valence-electron chi connectivity index (χ0n) is 11.7. The second-order valence-electron chi connectivity index (χ2n) is 5.14. The van der Waals surface area contributed by atoms with Crippen molar-refractivity contribution >= 4 is 53.1 Å². The normalized spacial score (nSPS) is 11.3. The zero-order valence-corrected chi connectivity index (χ0v) is 17.8. The van der Waals surface area contributed by atoms with Crippen LogP contribution in [0.5, 0.6) is 0 Å². The Bertz CT molecular complexity index is 584. The number of hydrogen-bond acceptors (Lipinski definition) is 0. The van der Waals surface area contributed by atoms with Gasteiger partial charge in [-0.3, -0.25) is 0 Å². The van der Waals surface area contributed by atoms with Crippen molar-refractivity contribution in [1.82, 2.24) is 0 Å². The van der Waals surface area contributed by atoms with E-state index in [0.29, 0.717) is 0 Å². The number of rotatable bonds is 4. The van der Waals surface area contributed by atoms with Crippen molar-refractivity contribution in [2.24, 2.45) is 0 Å². The summed E-state index contributed by atoms with van der Waals surface area (Å²) >= 11 is -0.390. The van der Waals surface area contributed by atoms with Gasteiger partial charge < -0.3 is 0 Å². The summed E-state index contributed by atoms with van der Waals surface area (Å²) < 4.78 is 5.92. The Morgan fingerprint density at radius 2 is 0.810 bits per heavy atom. The quantitative estimate of drug-likeness (QED) is 0.253. The maximum atomic E-state index is 2.61. The second kappa shape index (κ2) is 7.05. The molecule has 0 aliphatic heterocycles. The molecular weight excluding hydrogens is 562 g/mol.